The normalized spacial score (nSPS) is 10.5. The number of hydrogen-bond acceptors (Lipinski definition) is 4. The molecule has 1 aromatic rings. The zero-order valence-corrected chi connectivity index (χ0v) is 7.80. The van der Waals surface area contributed by atoms with Gasteiger partial charge >= 0.3 is 0 Å². The Balaban J connectivity index is 2.39. The van der Waals surface area contributed by atoms with Crippen LogP contribution in [0.25, 0.3) is 0 Å². The first-order valence-corrected chi connectivity index (χ1v) is 4.14. The molecule has 0 N–H and O–H groups in total. The molecule has 0 saturated carbocycles. The van der Waals surface area contributed by atoms with E-state index in [1.807, 2.05) is 18.2 Å². The number of pyridine rings is 1. The number of aromatic nitrogens is 1. The van der Waals surface area contributed by atoms with Crippen molar-refractivity contribution < 1.29 is 0 Å². The molecule has 0 aliphatic rings. The van der Waals surface area contributed by atoms with Crippen molar-refractivity contribution in [2.24, 2.45) is 0 Å². The summed E-state index contributed by atoms with van der Waals surface area (Å²) in [5, 5.41) is 0. The minimum absolute atomic E-state index is 0.795. The lowest BCUT2D eigenvalue weighted by Crippen LogP contribution is -2.04. The molecular formula is C7H10N2S2. The summed E-state index contributed by atoms with van der Waals surface area (Å²) in [7, 11) is 0. The van der Waals surface area contributed by atoms with E-state index in [4.69, 9.17) is 0 Å². The maximum atomic E-state index is 4.16. The smallest absolute Gasteiger partial charge is 0.0417 e. The number of rotatable bonds is 3. The first kappa shape index (κ1) is 8.90. The first-order valence-electron chi connectivity index (χ1n) is 3.34. The Kier molecular flexibility index (Phi) is 3.76. The Morgan fingerprint density at radius 2 is 2.18 bits per heavy atom. The molecule has 1 heterocycles. The third-order valence-corrected chi connectivity index (χ3v) is 1.69. The minimum atomic E-state index is 0.795. The van der Waals surface area contributed by atoms with Crippen molar-refractivity contribution in [3.05, 3.63) is 30.1 Å². The fourth-order valence-corrected chi connectivity index (χ4v) is 0.961. The monoisotopic (exact) mass is 186 g/mol. The van der Waals surface area contributed by atoms with E-state index < -0.39 is 0 Å². The number of nitrogens with zero attached hydrogens (tertiary/aromatic N) is 2. The largest absolute Gasteiger partial charge is 0.261 e. The summed E-state index contributed by atoms with van der Waals surface area (Å²) in [6.45, 7) is 0.795. The fraction of sp³-hybridized carbons (Fsp3) is 0.286. The van der Waals surface area contributed by atoms with E-state index in [2.05, 4.69) is 30.6 Å². The van der Waals surface area contributed by atoms with Crippen molar-refractivity contribution in [3.8, 4) is 0 Å². The zero-order valence-electron chi connectivity index (χ0n) is 6.01. The Morgan fingerprint density at radius 1 is 1.36 bits per heavy atom. The van der Waals surface area contributed by atoms with Gasteiger partial charge in [0, 0.05) is 24.9 Å². The van der Waals surface area contributed by atoms with Crippen LogP contribution < -0.4 is 0 Å². The quantitative estimate of drug-likeness (QED) is 0.698. The average molecular weight is 186 g/mol. The summed E-state index contributed by atoms with van der Waals surface area (Å²) in [5.41, 5.74) is 1.07. The molecule has 0 radical (unpaired) electrons. The molecule has 0 saturated heterocycles. The summed E-state index contributed by atoms with van der Waals surface area (Å²) < 4.78 is 1.55. The van der Waals surface area contributed by atoms with Crippen LogP contribution >= 0.6 is 25.6 Å². The van der Waals surface area contributed by atoms with Crippen LogP contribution in [0.4, 0.5) is 0 Å². The van der Waals surface area contributed by atoms with Crippen LogP contribution in [0.1, 0.15) is 5.69 Å². The SMILES string of the molecule is SN(S)CCc1ccccn1. The number of thiol groups is 2. The van der Waals surface area contributed by atoms with Crippen LogP contribution in [0.5, 0.6) is 0 Å². The summed E-state index contributed by atoms with van der Waals surface area (Å²) in [5.74, 6) is 0. The lowest BCUT2D eigenvalue weighted by molar-refractivity contribution is 0.728. The van der Waals surface area contributed by atoms with Crippen LogP contribution in [0.15, 0.2) is 24.4 Å². The van der Waals surface area contributed by atoms with Crippen molar-refractivity contribution >= 4 is 25.6 Å². The van der Waals surface area contributed by atoms with Crippen molar-refractivity contribution in [2.45, 2.75) is 6.42 Å². The Hall–Kier alpha value is -0.190. The van der Waals surface area contributed by atoms with Crippen LogP contribution in [-0.4, -0.2) is 15.2 Å². The van der Waals surface area contributed by atoms with Gasteiger partial charge in [0.05, 0.1) is 0 Å². The van der Waals surface area contributed by atoms with Gasteiger partial charge in [0.15, 0.2) is 0 Å². The van der Waals surface area contributed by atoms with Gasteiger partial charge in [-0.1, -0.05) is 31.7 Å². The van der Waals surface area contributed by atoms with E-state index in [1.54, 1.807) is 9.91 Å². The summed E-state index contributed by atoms with van der Waals surface area (Å²) in [6, 6.07) is 5.87. The van der Waals surface area contributed by atoms with Crippen molar-refractivity contribution in [1.29, 1.82) is 0 Å². The van der Waals surface area contributed by atoms with E-state index >= 15 is 0 Å². The van der Waals surface area contributed by atoms with Crippen LogP contribution in [-0.2, 0) is 6.42 Å². The van der Waals surface area contributed by atoms with Gasteiger partial charge in [0.1, 0.15) is 0 Å². The molecule has 1 rings (SSSR count). The van der Waals surface area contributed by atoms with Gasteiger partial charge in [-0.3, -0.25) is 4.98 Å². The molecule has 0 aliphatic heterocycles. The molecule has 0 aliphatic carbocycles. The van der Waals surface area contributed by atoms with Gasteiger partial charge in [-0.05, 0) is 12.1 Å². The molecule has 0 atom stereocenters. The lowest BCUT2D eigenvalue weighted by atomic mass is 10.3. The van der Waals surface area contributed by atoms with E-state index in [1.165, 1.54) is 0 Å². The second-order valence-corrected chi connectivity index (χ2v) is 3.45. The van der Waals surface area contributed by atoms with Gasteiger partial charge in [-0.25, -0.2) is 0 Å². The zero-order chi connectivity index (χ0) is 8.10. The minimum Gasteiger partial charge on any atom is -0.261 e. The highest BCUT2D eigenvalue weighted by atomic mass is 32.2. The summed E-state index contributed by atoms with van der Waals surface area (Å²) >= 11 is 8.00. The third-order valence-electron chi connectivity index (χ3n) is 1.29. The maximum Gasteiger partial charge on any atom is 0.0417 e. The molecule has 4 heteroatoms. The highest BCUT2D eigenvalue weighted by Crippen LogP contribution is 2.01. The van der Waals surface area contributed by atoms with Gasteiger partial charge in [0.25, 0.3) is 0 Å². The molecule has 0 amide bonds. The second-order valence-electron chi connectivity index (χ2n) is 2.17. The predicted octanol–water partition coefficient (Wildman–Crippen LogP) is 1.62. The number of hydrogen-bond donors (Lipinski definition) is 2. The van der Waals surface area contributed by atoms with Gasteiger partial charge in [-0.2, -0.15) is 3.71 Å². The molecule has 0 unspecified atom stereocenters. The highest BCUT2D eigenvalue weighted by Gasteiger charge is 1.94. The van der Waals surface area contributed by atoms with Crippen molar-refractivity contribution in [2.75, 3.05) is 6.54 Å². The summed E-state index contributed by atoms with van der Waals surface area (Å²) in [6.07, 6.45) is 2.67. The van der Waals surface area contributed by atoms with Crippen LogP contribution in [0.3, 0.4) is 0 Å². The third kappa shape index (κ3) is 3.65. The second kappa shape index (κ2) is 4.64. The van der Waals surface area contributed by atoms with Gasteiger partial charge in [0.2, 0.25) is 0 Å². The fourth-order valence-electron chi connectivity index (χ4n) is 0.761. The molecule has 0 aromatic carbocycles. The standard InChI is InChI=1S/C7H10N2S2/c10-9(11)6-4-7-3-1-2-5-8-7/h1-3,5,10-11H,4,6H2. The molecular weight excluding hydrogens is 176 g/mol. The van der Waals surface area contributed by atoms with E-state index in [0.717, 1.165) is 18.7 Å². The van der Waals surface area contributed by atoms with E-state index in [-0.39, 0.29) is 0 Å². The van der Waals surface area contributed by atoms with Gasteiger partial charge in [-0.15, -0.1) is 0 Å². The predicted molar refractivity (Wildman–Crippen MR) is 52.6 cm³/mol. The molecule has 11 heavy (non-hydrogen) atoms. The Morgan fingerprint density at radius 3 is 2.73 bits per heavy atom. The van der Waals surface area contributed by atoms with Crippen molar-refractivity contribution in [3.63, 3.8) is 0 Å². The lowest BCUT2D eigenvalue weighted by Gasteiger charge is -2.04. The molecule has 2 nitrogen and oxygen atoms in total. The average Bonchev–Trinajstić information content (AvgIpc) is 2.03. The van der Waals surface area contributed by atoms with Gasteiger partial charge < -0.3 is 0 Å². The highest BCUT2D eigenvalue weighted by molar-refractivity contribution is 7.93. The molecule has 1 aromatic heterocycles. The molecule has 0 fully saturated rings. The Bertz CT molecular complexity index is 201. The van der Waals surface area contributed by atoms with Crippen LogP contribution in [0.2, 0.25) is 0 Å². The topological polar surface area (TPSA) is 16.1 Å². The van der Waals surface area contributed by atoms with Crippen molar-refractivity contribution in [1.82, 2.24) is 8.69 Å². The molecule has 0 bridgehead atoms. The summed E-state index contributed by atoms with van der Waals surface area (Å²) in [4.78, 5) is 4.16. The van der Waals surface area contributed by atoms with Crippen LogP contribution in [0, 0.1) is 0 Å². The molecule has 0 spiro atoms. The van der Waals surface area contributed by atoms with E-state index in [0.29, 0.717) is 0 Å². The Labute approximate surface area is 77.7 Å². The first-order chi connectivity index (χ1) is 5.29. The molecule has 60 valence electrons. The van der Waals surface area contributed by atoms with E-state index in [9.17, 15) is 0 Å². The maximum absolute atomic E-state index is 4.16.